The third-order valence-electron chi connectivity index (χ3n) is 2.42. The molecule has 19 heavy (non-hydrogen) atoms. The Morgan fingerprint density at radius 1 is 1.21 bits per heavy atom. The smallest absolute Gasteiger partial charge is 0.191 e. The average Bonchev–Trinajstić information content (AvgIpc) is 2.38. The van der Waals surface area contributed by atoms with E-state index in [1.54, 1.807) is 12.1 Å². The van der Waals surface area contributed by atoms with Gasteiger partial charge in [-0.25, -0.2) is 8.78 Å². The van der Waals surface area contributed by atoms with Gasteiger partial charge in [0.25, 0.3) is 0 Å². The van der Waals surface area contributed by atoms with Crippen LogP contribution in [0.25, 0.3) is 0 Å². The van der Waals surface area contributed by atoms with Crippen LogP contribution in [-0.4, -0.2) is 9.97 Å². The summed E-state index contributed by atoms with van der Waals surface area (Å²) in [5, 5.41) is 0. The van der Waals surface area contributed by atoms with Gasteiger partial charge >= 0.3 is 0 Å². The predicted octanol–water partition coefficient (Wildman–Crippen LogP) is 2.57. The lowest BCUT2D eigenvalue weighted by molar-refractivity contribution is 0.273. The third kappa shape index (κ3) is 3.03. The fourth-order valence-corrected chi connectivity index (χ4v) is 1.73. The highest BCUT2D eigenvalue weighted by atomic mass is 32.1. The largest absolute Gasteiger partial charge is 0.483 e. The van der Waals surface area contributed by atoms with Crippen molar-refractivity contribution in [2.24, 2.45) is 5.73 Å². The van der Waals surface area contributed by atoms with Gasteiger partial charge in [0.15, 0.2) is 17.4 Å². The van der Waals surface area contributed by atoms with Gasteiger partial charge in [0.2, 0.25) is 0 Å². The van der Waals surface area contributed by atoms with Gasteiger partial charge in [-0.05, 0) is 18.2 Å². The molecule has 1 heterocycles. The van der Waals surface area contributed by atoms with E-state index in [9.17, 15) is 8.78 Å². The first kappa shape index (κ1) is 13.4. The SMILES string of the molecule is NC(=S)c1ncccc1COc1c(F)cccc1F. The number of thiocarbonyl (C=S) groups is 1. The summed E-state index contributed by atoms with van der Waals surface area (Å²) in [6, 6.07) is 6.85. The molecule has 0 aliphatic rings. The van der Waals surface area contributed by atoms with Crippen molar-refractivity contribution < 1.29 is 13.5 Å². The maximum atomic E-state index is 13.4. The average molecular weight is 280 g/mol. The highest BCUT2D eigenvalue weighted by Gasteiger charge is 2.12. The Labute approximate surface area is 114 Å². The van der Waals surface area contributed by atoms with Crippen LogP contribution in [0.3, 0.4) is 0 Å². The molecular formula is C13H10F2N2OS. The molecule has 1 aromatic heterocycles. The Morgan fingerprint density at radius 2 is 1.89 bits per heavy atom. The molecule has 0 saturated carbocycles. The van der Waals surface area contributed by atoms with Crippen LogP contribution in [0.4, 0.5) is 8.78 Å². The van der Waals surface area contributed by atoms with Crippen molar-refractivity contribution in [3.63, 3.8) is 0 Å². The van der Waals surface area contributed by atoms with E-state index in [-0.39, 0.29) is 11.6 Å². The molecular weight excluding hydrogens is 270 g/mol. The van der Waals surface area contributed by atoms with Gasteiger partial charge in [0, 0.05) is 11.8 Å². The maximum Gasteiger partial charge on any atom is 0.191 e. The Kier molecular flexibility index (Phi) is 4.01. The van der Waals surface area contributed by atoms with E-state index >= 15 is 0 Å². The van der Waals surface area contributed by atoms with Gasteiger partial charge in [-0.1, -0.05) is 24.4 Å². The van der Waals surface area contributed by atoms with E-state index in [1.807, 2.05) is 0 Å². The first-order chi connectivity index (χ1) is 9.09. The van der Waals surface area contributed by atoms with Crippen molar-refractivity contribution in [3.05, 3.63) is 59.4 Å². The quantitative estimate of drug-likeness (QED) is 0.874. The molecule has 2 rings (SSSR count). The molecule has 2 N–H and O–H groups in total. The monoisotopic (exact) mass is 280 g/mol. The molecule has 2 aromatic rings. The molecule has 98 valence electrons. The Bertz CT molecular complexity index is 599. The van der Waals surface area contributed by atoms with Crippen molar-refractivity contribution in [1.29, 1.82) is 0 Å². The van der Waals surface area contributed by atoms with Gasteiger partial charge in [0.05, 0.1) is 0 Å². The molecule has 0 spiro atoms. The van der Waals surface area contributed by atoms with Crippen molar-refractivity contribution in [3.8, 4) is 5.75 Å². The summed E-state index contributed by atoms with van der Waals surface area (Å²) in [7, 11) is 0. The van der Waals surface area contributed by atoms with Crippen LogP contribution < -0.4 is 10.5 Å². The number of pyridine rings is 1. The normalized spacial score (nSPS) is 10.2. The zero-order chi connectivity index (χ0) is 13.8. The van der Waals surface area contributed by atoms with Crippen LogP contribution >= 0.6 is 12.2 Å². The number of hydrogen-bond donors (Lipinski definition) is 1. The lowest BCUT2D eigenvalue weighted by Gasteiger charge is -2.10. The molecule has 1 aromatic carbocycles. The molecule has 3 nitrogen and oxygen atoms in total. The van der Waals surface area contributed by atoms with Gasteiger partial charge in [-0.3, -0.25) is 4.98 Å². The van der Waals surface area contributed by atoms with Crippen molar-refractivity contribution >= 4 is 17.2 Å². The van der Waals surface area contributed by atoms with Crippen LogP contribution in [-0.2, 0) is 6.61 Å². The predicted molar refractivity (Wildman–Crippen MR) is 70.8 cm³/mol. The number of halogens is 2. The summed E-state index contributed by atoms with van der Waals surface area (Å²) in [4.78, 5) is 4.11. The molecule has 6 heteroatoms. The van der Waals surface area contributed by atoms with E-state index in [4.69, 9.17) is 22.7 Å². The fraction of sp³-hybridized carbons (Fsp3) is 0.0769. The molecule has 0 amide bonds. The Morgan fingerprint density at radius 3 is 2.53 bits per heavy atom. The van der Waals surface area contributed by atoms with E-state index in [0.29, 0.717) is 11.3 Å². The standard InChI is InChI=1S/C13H10F2N2OS/c14-9-4-1-5-10(15)12(9)18-7-8-3-2-6-17-11(8)13(16)19/h1-6H,7H2,(H2,16,19). The molecule has 0 aliphatic carbocycles. The number of para-hydroxylation sites is 1. The van der Waals surface area contributed by atoms with Crippen LogP contribution in [0.2, 0.25) is 0 Å². The maximum absolute atomic E-state index is 13.4. The second-order valence-electron chi connectivity index (χ2n) is 3.71. The zero-order valence-electron chi connectivity index (χ0n) is 9.77. The number of rotatable bonds is 4. The van der Waals surface area contributed by atoms with E-state index in [0.717, 1.165) is 12.1 Å². The first-order valence-corrected chi connectivity index (χ1v) is 5.81. The van der Waals surface area contributed by atoms with Gasteiger partial charge < -0.3 is 10.5 Å². The molecule has 0 bridgehead atoms. The van der Waals surface area contributed by atoms with Gasteiger partial charge in [0.1, 0.15) is 17.3 Å². The molecule has 0 atom stereocenters. The molecule has 0 unspecified atom stereocenters. The van der Waals surface area contributed by atoms with Crippen LogP contribution in [0.15, 0.2) is 36.5 Å². The highest BCUT2D eigenvalue weighted by molar-refractivity contribution is 7.80. The Balaban J connectivity index is 2.22. The zero-order valence-corrected chi connectivity index (χ0v) is 10.6. The van der Waals surface area contributed by atoms with E-state index in [1.165, 1.54) is 12.3 Å². The first-order valence-electron chi connectivity index (χ1n) is 5.40. The minimum atomic E-state index is -0.763. The number of ether oxygens (including phenoxy) is 1. The summed E-state index contributed by atoms with van der Waals surface area (Å²) in [5.41, 5.74) is 6.46. The summed E-state index contributed by atoms with van der Waals surface area (Å²) in [5.74, 6) is -1.96. The second-order valence-corrected chi connectivity index (χ2v) is 4.15. The number of nitrogens with zero attached hydrogens (tertiary/aromatic N) is 1. The van der Waals surface area contributed by atoms with Crippen LogP contribution in [0.1, 0.15) is 11.3 Å². The molecule has 0 saturated heterocycles. The molecule has 0 aliphatic heterocycles. The number of aromatic nitrogens is 1. The summed E-state index contributed by atoms with van der Waals surface area (Å²) in [6.07, 6.45) is 1.53. The van der Waals surface area contributed by atoms with Crippen molar-refractivity contribution in [2.75, 3.05) is 0 Å². The lowest BCUT2D eigenvalue weighted by atomic mass is 10.2. The van der Waals surface area contributed by atoms with E-state index in [2.05, 4.69) is 4.98 Å². The lowest BCUT2D eigenvalue weighted by Crippen LogP contribution is -2.15. The summed E-state index contributed by atoms with van der Waals surface area (Å²) in [6.45, 7) is -0.0711. The van der Waals surface area contributed by atoms with E-state index < -0.39 is 17.4 Å². The second kappa shape index (κ2) is 5.71. The highest BCUT2D eigenvalue weighted by Crippen LogP contribution is 2.22. The third-order valence-corrected chi connectivity index (χ3v) is 2.61. The van der Waals surface area contributed by atoms with Gasteiger partial charge in [-0.2, -0.15) is 0 Å². The minimum absolute atomic E-state index is 0.0711. The Hall–Kier alpha value is -2.08. The summed E-state index contributed by atoms with van der Waals surface area (Å²) < 4.78 is 31.9. The minimum Gasteiger partial charge on any atom is -0.483 e. The van der Waals surface area contributed by atoms with Crippen LogP contribution in [0.5, 0.6) is 5.75 Å². The molecule has 0 fully saturated rings. The number of hydrogen-bond acceptors (Lipinski definition) is 3. The number of nitrogens with two attached hydrogens (primary N) is 1. The summed E-state index contributed by atoms with van der Waals surface area (Å²) >= 11 is 4.84. The van der Waals surface area contributed by atoms with Crippen LogP contribution in [0, 0.1) is 11.6 Å². The molecule has 0 radical (unpaired) electrons. The van der Waals surface area contributed by atoms with Crippen molar-refractivity contribution in [2.45, 2.75) is 6.61 Å². The fourth-order valence-electron chi connectivity index (χ4n) is 1.55. The number of benzene rings is 1. The van der Waals surface area contributed by atoms with Crippen molar-refractivity contribution in [1.82, 2.24) is 4.98 Å². The topological polar surface area (TPSA) is 48.1 Å². The van der Waals surface area contributed by atoms with Gasteiger partial charge in [-0.15, -0.1) is 0 Å².